The summed E-state index contributed by atoms with van der Waals surface area (Å²) in [5.74, 6) is 0.682. The summed E-state index contributed by atoms with van der Waals surface area (Å²) in [7, 11) is 9.81. The molecule has 1 aromatic rings. The number of aldehydes is 2. The molecule has 2 amide bonds. The standard InChI is InChI=1S/C32H50N2O7.C21H39NO4S.C4H8O.3C2H6/c1-20-12-11-13-28(40-9)32(38,33-23(4)35)19-21(2)15-27(36)31(5,6)29(41-10)18-30(37)34(7)25-16-24(14-20)17-26(39-8)22(25)3;1-17(15-27-21(6,7)11-10-14-23)22(8)13-12-20(4,5)26-16-19(2,3)18(24)25-9;1-4(2)3-5;3*1-2/h11-13,16-17,21,27-29,36,38H,14-15,18-19H2,1-10H3,(H,33,35);14H,1,10-13,15-16H2,2-9H3;3-4H,1-2H3;3*1-2H3/b13-11+,20-12+;;;;;/t21?,27?,28-,29+,32+;;;;;/m1...../s1. The first kappa shape index (κ1) is 81.4. The fourth-order valence-corrected chi connectivity index (χ4v) is 8.95. The summed E-state index contributed by atoms with van der Waals surface area (Å²) in [5, 5.41) is 25.7. The summed E-state index contributed by atoms with van der Waals surface area (Å²) in [4.78, 5) is 61.3. The van der Waals surface area contributed by atoms with Gasteiger partial charge in [-0.15, -0.1) is 11.8 Å². The van der Waals surface area contributed by atoms with Crippen molar-refractivity contribution in [2.75, 3.05) is 66.3 Å². The molecule has 79 heavy (non-hydrogen) atoms. The quantitative estimate of drug-likeness (QED) is 0.0673. The summed E-state index contributed by atoms with van der Waals surface area (Å²) >= 11 is 1.83. The van der Waals surface area contributed by atoms with E-state index in [0.29, 0.717) is 31.6 Å². The van der Waals surface area contributed by atoms with Crippen LogP contribution in [0.5, 0.6) is 5.75 Å². The van der Waals surface area contributed by atoms with Gasteiger partial charge in [-0.05, 0) is 90.8 Å². The Kier molecular flexibility index (Phi) is 42.3. The maximum absolute atomic E-state index is 13.6. The third-order valence-corrected chi connectivity index (χ3v) is 14.6. The summed E-state index contributed by atoms with van der Waals surface area (Å²) in [6.07, 6.45) is 8.43. The van der Waals surface area contributed by atoms with Crippen molar-refractivity contribution in [2.45, 2.75) is 218 Å². The van der Waals surface area contributed by atoms with Crippen LogP contribution in [0, 0.1) is 29.6 Å². The van der Waals surface area contributed by atoms with Gasteiger partial charge in [0.1, 0.15) is 24.4 Å². The number of nitrogens with zero attached hydrogens (tertiary/aromatic N) is 2. The number of carbonyl (C=O) groups excluding carboxylic acids is 5. The highest BCUT2D eigenvalue weighted by molar-refractivity contribution is 8.00. The summed E-state index contributed by atoms with van der Waals surface area (Å²) in [6.45, 7) is 44.0. The van der Waals surface area contributed by atoms with Crippen molar-refractivity contribution < 1.29 is 57.9 Å². The zero-order chi connectivity index (χ0) is 62.7. The lowest BCUT2D eigenvalue weighted by atomic mass is 9.75. The van der Waals surface area contributed by atoms with E-state index in [1.807, 2.05) is 155 Å². The smallest absolute Gasteiger partial charge is 0.313 e. The number of nitrogens with one attached hydrogen (secondary N) is 1. The van der Waals surface area contributed by atoms with Gasteiger partial charge >= 0.3 is 5.97 Å². The third-order valence-electron chi connectivity index (χ3n) is 13.1. The number of methoxy groups -OCH3 is 4. The van der Waals surface area contributed by atoms with Crippen molar-refractivity contribution in [1.29, 1.82) is 0 Å². The van der Waals surface area contributed by atoms with Crippen LogP contribution in [0.15, 0.2) is 48.2 Å². The van der Waals surface area contributed by atoms with Crippen molar-refractivity contribution in [3.05, 3.63) is 59.3 Å². The number of rotatable bonds is 19. The molecule has 16 heteroatoms. The number of hydrogen-bond donors (Lipinski definition) is 3. The predicted octanol–water partition coefficient (Wildman–Crippen LogP) is 12.3. The third kappa shape index (κ3) is 31.7. The van der Waals surface area contributed by atoms with Gasteiger partial charge in [0.05, 0.1) is 56.2 Å². The Bertz CT molecular complexity index is 1980. The van der Waals surface area contributed by atoms with Gasteiger partial charge in [0.25, 0.3) is 0 Å². The average molecular weight is 1140 g/mol. The molecule has 2 bridgehead atoms. The van der Waals surface area contributed by atoms with Gasteiger partial charge in [0.2, 0.25) is 11.8 Å². The van der Waals surface area contributed by atoms with E-state index in [9.17, 15) is 34.2 Å². The lowest BCUT2D eigenvalue weighted by Crippen LogP contribution is -2.57. The van der Waals surface area contributed by atoms with E-state index in [4.69, 9.17) is 23.7 Å². The second kappa shape index (κ2) is 41.0. The lowest BCUT2D eigenvalue weighted by Gasteiger charge is -2.40. The van der Waals surface area contributed by atoms with Crippen molar-refractivity contribution in [2.24, 2.45) is 22.7 Å². The number of fused-ring (bicyclic) bond motifs is 2. The highest BCUT2D eigenvalue weighted by Crippen LogP contribution is 2.37. The van der Waals surface area contributed by atoms with Gasteiger partial charge in [-0.1, -0.05) is 120 Å². The SMILES string of the molecule is C=C(CSC(C)(C)CCC=O)N(C)CCC(C)(C)OCC(C)(C)C(=O)OC.CC.CC.CC.CC(C)C=O.COc1cc2cc(c1C)N(C)C(=O)C[C@H](OC)C(C)(C)C(O)CC(C)C[C@@](O)(NC(C)=O)[C@H](OC)/C=C/C=C(\C)C2. The van der Waals surface area contributed by atoms with Crippen LogP contribution < -0.4 is 15.0 Å². The van der Waals surface area contributed by atoms with Crippen LogP contribution in [0.25, 0.3) is 0 Å². The Morgan fingerprint density at radius 1 is 0.975 bits per heavy atom. The van der Waals surface area contributed by atoms with E-state index in [2.05, 4.69) is 30.6 Å². The molecule has 0 spiro atoms. The molecule has 1 aromatic carbocycles. The van der Waals surface area contributed by atoms with E-state index in [1.54, 1.807) is 38.3 Å². The molecular weight excluding hydrogens is 1020 g/mol. The Labute approximate surface area is 485 Å². The molecule has 15 nitrogen and oxygen atoms in total. The van der Waals surface area contributed by atoms with Crippen molar-refractivity contribution in [3.63, 3.8) is 0 Å². The monoisotopic (exact) mass is 1140 g/mol. The summed E-state index contributed by atoms with van der Waals surface area (Å²) < 4.78 is 28.0. The first-order valence-corrected chi connectivity index (χ1v) is 29.3. The van der Waals surface area contributed by atoms with Crippen LogP contribution in [-0.4, -0.2) is 141 Å². The van der Waals surface area contributed by atoms with Crippen LogP contribution in [0.3, 0.4) is 0 Å². The second-order valence-corrected chi connectivity index (χ2v) is 24.0. The number of thioether (sulfide) groups is 1. The first-order valence-electron chi connectivity index (χ1n) is 28.3. The molecule has 460 valence electrons. The van der Waals surface area contributed by atoms with Gasteiger partial charge in [0.15, 0.2) is 5.72 Å². The minimum absolute atomic E-state index is 0.0574. The van der Waals surface area contributed by atoms with E-state index in [1.165, 1.54) is 21.1 Å². The molecule has 0 saturated carbocycles. The fraction of sp³-hybridized carbons (Fsp3) is 0.730. The van der Waals surface area contributed by atoms with Gasteiger partial charge < -0.3 is 58.6 Å². The molecule has 0 fully saturated rings. The van der Waals surface area contributed by atoms with E-state index >= 15 is 0 Å². The number of amides is 2. The number of ether oxygens (including phenoxy) is 5. The van der Waals surface area contributed by atoms with E-state index < -0.39 is 40.8 Å². The predicted molar refractivity (Wildman–Crippen MR) is 330 cm³/mol. The average Bonchev–Trinajstić information content (AvgIpc) is 3.40. The van der Waals surface area contributed by atoms with Gasteiger partial charge in [-0.3, -0.25) is 14.4 Å². The number of aliphatic hydroxyl groups is 2. The molecule has 2 rings (SSSR count). The zero-order valence-corrected chi connectivity index (χ0v) is 55.3. The Hall–Kier alpha value is -4.06. The molecule has 1 heterocycles. The number of anilines is 1. The normalized spacial score (nSPS) is 20.8. The molecule has 0 saturated heterocycles. The molecule has 3 N–H and O–H groups in total. The number of esters is 1. The second-order valence-electron chi connectivity index (χ2n) is 22.3. The highest BCUT2D eigenvalue weighted by atomic mass is 32.2. The van der Waals surface area contributed by atoms with Crippen LogP contribution in [0.4, 0.5) is 5.69 Å². The number of benzene rings is 1. The van der Waals surface area contributed by atoms with Gasteiger partial charge in [-0.2, -0.15) is 0 Å². The maximum atomic E-state index is 13.6. The summed E-state index contributed by atoms with van der Waals surface area (Å²) in [5.41, 5.74) is 1.13. The molecule has 1 aliphatic heterocycles. The number of aliphatic hydroxyl groups excluding tert-OH is 1. The Morgan fingerprint density at radius 3 is 2.00 bits per heavy atom. The topological polar surface area (TPSA) is 190 Å². The van der Waals surface area contributed by atoms with Crippen molar-refractivity contribution >= 4 is 47.8 Å². The number of hydrogen-bond acceptors (Lipinski definition) is 14. The molecule has 1 aliphatic rings. The largest absolute Gasteiger partial charge is 0.496 e. The molecular formula is C63H115N3O12S. The molecule has 0 aliphatic carbocycles. The fourth-order valence-electron chi connectivity index (χ4n) is 7.91. The highest BCUT2D eigenvalue weighted by Gasteiger charge is 2.43. The summed E-state index contributed by atoms with van der Waals surface area (Å²) in [6, 6.07) is 3.95. The molecule has 2 unspecified atom stereocenters. The van der Waals surface area contributed by atoms with E-state index in [-0.39, 0.29) is 46.9 Å². The van der Waals surface area contributed by atoms with E-state index in [0.717, 1.165) is 65.8 Å². The van der Waals surface area contributed by atoms with Gasteiger partial charge in [-0.25, -0.2) is 0 Å². The Balaban J connectivity index is -0.000000637. The van der Waals surface area contributed by atoms with Crippen LogP contribution >= 0.6 is 11.8 Å². The van der Waals surface area contributed by atoms with Crippen molar-refractivity contribution in [3.8, 4) is 5.75 Å². The maximum Gasteiger partial charge on any atom is 0.313 e. The Morgan fingerprint density at radius 2 is 1.53 bits per heavy atom. The van der Waals surface area contributed by atoms with Crippen LogP contribution in [-0.2, 0) is 49.3 Å². The molecule has 0 aromatic heterocycles. The zero-order valence-electron chi connectivity index (χ0n) is 54.5. The van der Waals surface area contributed by atoms with Crippen LogP contribution in [0.2, 0.25) is 0 Å². The van der Waals surface area contributed by atoms with Gasteiger partial charge in [0, 0.05) is 87.7 Å². The first-order chi connectivity index (χ1) is 36.6. The number of allylic oxidation sites excluding steroid dienone is 3. The van der Waals surface area contributed by atoms with Crippen LogP contribution in [0.1, 0.15) is 181 Å². The lowest BCUT2D eigenvalue weighted by molar-refractivity contribution is -0.158. The minimum atomic E-state index is -1.70. The number of carbonyl (C=O) groups is 5. The molecule has 5 atom stereocenters. The minimum Gasteiger partial charge on any atom is -0.496 e. The van der Waals surface area contributed by atoms with Crippen molar-refractivity contribution in [1.82, 2.24) is 10.2 Å². The molecule has 0 radical (unpaired) electrons.